The fraction of sp³-hybridized carbons (Fsp3) is 0.421. The van der Waals surface area contributed by atoms with Gasteiger partial charge in [0.15, 0.2) is 0 Å². The lowest BCUT2D eigenvalue weighted by atomic mass is 9.85. The van der Waals surface area contributed by atoms with E-state index in [9.17, 15) is 18.8 Å². The summed E-state index contributed by atoms with van der Waals surface area (Å²) in [5.41, 5.74) is 1.24. The Balaban J connectivity index is 1.54. The molecule has 2 aliphatic heterocycles. The van der Waals surface area contributed by atoms with Crippen molar-refractivity contribution in [2.24, 2.45) is 5.92 Å². The fourth-order valence-corrected chi connectivity index (χ4v) is 4.07. The number of nitrogens with zero attached hydrogens (tertiary/aromatic N) is 2. The number of allylic oxidation sites excluding steroid dienone is 2. The summed E-state index contributed by atoms with van der Waals surface area (Å²) in [7, 11) is 0. The maximum absolute atomic E-state index is 13.4. The van der Waals surface area contributed by atoms with Crippen molar-refractivity contribution in [1.29, 1.82) is 0 Å². The molecule has 3 aliphatic rings. The standard InChI is InChI=1S/C19H19FN2O3/c20-13-7-8-14-15(10-13)19(25)22(18(14)24)11-17(23)21-9-3-5-12-4-1-2-6-16(12)21/h6-8,10,12H,1-5,9,11H2. The van der Waals surface area contributed by atoms with Crippen molar-refractivity contribution >= 4 is 17.7 Å². The molecule has 0 saturated carbocycles. The summed E-state index contributed by atoms with van der Waals surface area (Å²) in [5, 5.41) is 0. The van der Waals surface area contributed by atoms with E-state index >= 15 is 0 Å². The molecule has 0 aromatic heterocycles. The van der Waals surface area contributed by atoms with Gasteiger partial charge in [-0.2, -0.15) is 0 Å². The van der Waals surface area contributed by atoms with Gasteiger partial charge in [-0.05, 0) is 56.2 Å². The lowest BCUT2D eigenvalue weighted by Crippen LogP contribution is -2.45. The van der Waals surface area contributed by atoms with E-state index < -0.39 is 17.6 Å². The lowest BCUT2D eigenvalue weighted by Gasteiger charge is -2.38. The maximum Gasteiger partial charge on any atom is 0.262 e. The van der Waals surface area contributed by atoms with Crippen LogP contribution in [0.15, 0.2) is 30.0 Å². The average molecular weight is 342 g/mol. The molecule has 1 aromatic carbocycles. The van der Waals surface area contributed by atoms with Gasteiger partial charge in [-0.1, -0.05) is 6.08 Å². The van der Waals surface area contributed by atoms with E-state index in [2.05, 4.69) is 6.08 Å². The monoisotopic (exact) mass is 342 g/mol. The molecule has 25 heavy (non-hydrogen) atoms. The number of likely N-dealkylation sites (tertiary alicyclic amines) is 1. The van der Waals surface area contributed by atoms with Gasteiger partial charge >= 0.3 is 0 Å². The Hall–Kier alpha value is -2.50. The number of imide groups is 1. The zero-order valence-corrected chi connectivity index (χ0v) is 13.8. The number of benzene rings is 1. The minimum Gasteiger partial charge on any atom is -0.315 e. The topological polar surface area (TPSA) is 57.7 Å². The van der Waals surface area contributed by atoms with Crippen LogP contribution in [-0.2, 0) is 4.79 Å². The average Bonchev–Trinajstić information content (AvgIpc) is 2.85. The second-order valence-corrected chi connectivity index (χ2v) is 6.83. The van der Waals surface area contributed by atoms with Crippen molar-refractivity contribution in [1.82, 2.24) is 9.80 Å². The number of rotatable bonds is 2. The van der Waals surface area contributed by atoms with E-state index in [1.807, 2.05) is 0 Å². The van der Waals surface area contributed by atoms with Gasteiger partial charge in [-0.3, -0.25) is 19.3 Å². The molecular weight excluding hydrogens is 323 g/mol. The first kappa shape index (κ1) is 16.0. The molecule has 1 unspecified atom stereocenters. The first-order chi connectivity index (χ1) is 12.1. The summed E-state index contributed by atoms with van der Waals surface area (Å²) in [5.74, 6) is -1.53. The fourth-order valence-electron chi connectivity index (χ4n) is 4.07. The third-order valence-electron chi connectivity index (χ3n) is 5.30. The Morgan fingerprint density at radius 2 is 1.88 bits per heavy atom. The normalized spacial score (nSPS) is 22.6. The highest BCUT2D eigenvalue weighted by Crippen LogP contribution is 2.35. The summed E-state index contributed by atoms with van der Waals surface area (Å²) >= 11 is 0. The highest BCUT2D eigenvalue weighted by atomic mass is 19.1. The van der Waals surface area contributed by atoms with Gasteiger partial charge in [0.1, 0.15) is 12.4 Å². The number of hydrogen-bond donors (Lipinski definition) is 0. The van der Waals surface area contributed by atoms with Crippen LogP contribution in [0.1, 0.15) is 52.8 Å². The van der Waals surface area contributed by atoms with Crippen molar-refractivity contribution in [3.8, 4) is 0 Å². The van der Waals surface area contributed by atoms with Crippen LogP contribution in [0.3, 0.4) is 0 Å². The van der Waals surface area contributed by atoms with Crippen molar-refractivity contribution in [3.63, 3.8) is 0 Å². The van der Waals surface area contributed by atoms with Crippen molar-refractivity contribution in [3.05, 3.63) is 46.9 Å². The van der Waals surface area contributed by atoms with Crippen LogP contribution in [-0.4, -0.2) is 40.6 Å². The van der Waals surface area contributed by atoms with Gasteiger partial charge < -0.3 is 4.90 Å². The second kappa shape index (κ2) is 6.10. The predicted molar refractivity (Wildman–Crippen MR) is 88.1 cm³/mol. The van der Waals surface area contributed by atoms with Crippen LogP contribution in [0.25, 0.3) is 0 Å². The first-order valence-electron chi connectivity index (χ1n) is 8.72. The smallest absolute Gasteiger partial charge is 0.262 e. The SMILES string of the molecule is O=C(CN1C(=O)c2ccc(F)cc2C1=O)N1CCCC2CCCC=C21. The zero-order valence-electron chi connectivity index (χ0n) is 13.8. The molecule has 0 bridgehead atoms. The van der Waals surface area contributed by atoms with Crippen LogP contribution >= 0.6 is 0 Å². The maximum atomic E-state index is 13.4. The summed E-state index contributed by atoms with van der Waals surface area (Å²) < 4.78 is 13.4. The molecule has 0 spiro atoms. The molecule has 0 radical (unpaired) electrons. The number of hydrogen-bond acceptors (Lipinski definition) is 3. The van der Waals surface area contributed by atoms with Gasteiger partial charge in [0.2, 0.25) is 5.91 Å². The molecule has 1 saturated heterocycles. The Bertz CT molecular complexity index is 802. The molecule has 1 aromatic rings. The Morgan fingerprint density at radius 3 is 2.72 bits per heavy atom. The first-order valence-corrected chi connectivity index (χ1v) is 8.72. The van der Waals surface area contributed by atoms with E-state index in [1.165, 1.54) is 6.07 Å². The van der Waals surface area contributed by atoms with E-state index in [-0.39, 0.29) is 23.6 Å². The molecule has 1 aliphatic carbocycles. The minimum atomic E-state index is -0.598. The zero-order chi connectivity index (χ0) is 17.6. The number of carbonyl (C=O) groups excluding carboxylic acids is 3. The van der Waals surface area contributed by atoms with E-state index in [0.717, 1.165) is 54.8 Å². The molecule has 1 fully saturated rings. The molecule has 1 atom stereocenters. The molecular formula is C19H19FN2O3. The van der Waals surface area contributed by atoms with Crippen molar-refractivity contribution < 1.29 is 18.8 Å². The summed E-state index contributed by atoms with van der Waals surface area (Å²) in [6.45, 7) is 0.330. The summed E-state index contributed by atoms with van der Waals surface area (Å²) in [6.07, 6.45) is 7.32. The number of fused-ring (bicyclic) bond motifs is 2. The highest BCUT2D eigenvalue weighted by Gasteiger charge is 2.39. The lowest BCUT2D eigenvalue weighted by molar-refractivity contribution is -0.130. The summed E-state index contributed by atoms with van der Waals surface area (Å²) in [6, 6.07) is 3.51. The quantitative estimate of drug-likeness (QED) is 0.777. The largest absolute Gasteiger partial charge is 0.315 e. The number of halogens is 1. The van der Waals surface area contributed by atoms with Gasteiger partial charge in [0.05, 0.1) is 11.1 Å². The Kier molecular flexibility index (Phi) is 3.90. The third kappa shape index (κ3) is 2.65. The molecule has 2 heterocycles. The van der Waals surface area contributed by atoms with Crippen LogP contribution in [0, 0.1) is 11.7 Å². The van der Waals surface area contributed by atoms with E-state index in [0.29, 0.717) is 12.5 Å². The van der Waals surface area contributed by atoms with Gasteiger partial charge in [-0.15, -0.1) is 0 Å². The third-order valence-corrected chi connectivity index (χ3v) is 5.30. The Morgan fingerprint density at radius 1 is 1.12 bits per heavy atom. The molecule has 130 valence electrons. The minimum absolute atomic E-state index is 0.0335. The van der Waals surface area contributed by atoms with Crippen molar-refractivity contribution in [2.75, 3.05) is 13.1 Å². The van der Waals surface area contributed by atoms with Gasteiger partial charge in [0, 0.05) is 12.2 Å². The van der Waals surface area contributed by atoms with Gasteiger partial charge in [-0.25, -0.2) is 4.39 Å². The Labute approximate surface area is 145 Å². The van der Waals surface area contributed by atoms with Crippen LogP contribution in [0.2, 0.25) is 0 Å². The number of piperidine rings is 1. The number of amides is 3. The number of carbonyl (C=O) groups is 3. The van der Waals surface area contributed by atoms with Crippen LogP contribution in [0.4, 0.5) is 4.39 Å². The highest BCUT2D eigenvalue weighted by molar-refractivity contribution is 6.22. The van der Waals surface area contributed by atoms with Crippen molar-refractivity contribution in [2.45, 2.75) is 32.1 Å². The molecule has 0 N–H and O–H groups in total. The van der Waals surface area contributed by atoms with Crippen LogP contribution < -0.4 is 0 Å². The summed E-state index contributed by atoms with van der Waals surface area (Å²) in [4.78, 5) is 40.3. The van der Waals surface area contributed by atoms with E-state index in [1.54, 1.807) is 4.90 Å². The predicted octanol–water partition coefficient (Wildman–Crippen LogP) is 2.73. The molecule has 6 heteroatoms. The molecule has 5 nitrogen and oxygen atoms in total. The molecule has 4 rings (SSSR count). The van der Waals surface area contributed by atoms with E-state index in [4.69, 9.17) is 0 Å². The van der Waals surface area contributed by atoms with Gasteiger partial charge in [0.25, 0.3) is 11.8 Å². The molecule has 3 amide bonds. The van der Waals surface area contributed by atoms with Crippen LogP contribution in [0.5, 0.6) is 0 Å². The second-order valence-electron chi connectivity index (χ2n) is 6.83.